The van der Waals surface area contributed by atoms with Crippen LogP contribution in [0.15, 0.2) is 65.4 Å². The average Bonchev–Trinajstić information content (AvgIpc) is 2.78. The number of hydrogen-bond donors (Lipinski definition) is 1. The first-order valence-corrected chi connectivity index (χ1v) is 9.31. The summed E-state index contributed by atoms with van der Waals surface area (Å²) in [7, 11) is 0. The Hall–Kier alpha value is -2.28. The van der Waals surface area contributed by atoms with E-state index < -0.39 is 0 Å². The minimum absolute atomic E-state index is 0.256. The molecule has 0 aromatic heterocycles. The number of aryl methyl sites for hydroxylation is 2. The lowest BCUT2D eigenvalue weighted by atomic mass is 9.88. The second-order valence-electron chi connectivity index (χ2n) is 7.23. The van der Waals surface area contributed by atoms with Crippen molar-refractivity contribution in [3.8, 4) is 0 Å². The molecule has 2 aliphatic rings. The highest BCUT2D eigenvalue weighted by molar-refractivity contribution is 5.73. The van der Waals surface area contributed by atoms with E-state index in [1.165, 1.54) is 39.0 Å². The molecule has 1 heteroatoms. The third-order valence-corrected chi connectivity index (χ3v) is 5.50. The molecule has 0 fully saturated rings. The van der Waals surface area contributed by atoms with Gasteiger partial charge in [-0.2, -0.15) is 0 Å². The molecule has 1 aromatic carbocycles. The summed E-state index contributed by atoms with van der Waals surface area (Å²) in [5.74, 6) is 0.256. The van der Waals surface area contributed by atoms with Crippen molar-refractivity contribution in [3.63, 3.8) is 0 Å². The molecule has 0 saturated heterocycles. The van der Waals surface area contributed by atoms with Gasteiger partial charge in [0.15, 0.2) is 0 Å². The fourth-order valence-corrected chi connectivity index (χ4v) is 3.60. The summed E-state index contributed by atoms with van der Waals surface area (Å²) >= 11 is 0. The van der Waals surface area contributed by atoms with Crippen molar-refractivity contribution in [3.05, 3.63) is 87.7 Å². The molecule has 3 rings (SSSR count). The van der Waals surface area contributed by atoms with Gasteiger partial charge in [0, 0.05) is 17.3 Å². The van der Waals surface area contributed by atoms with Crippen molar-refractivity contribution >= 4 is 5.70 Å². The summed E-state index contributed by atoms with van der Waals surface area (Å²) in [6.45, 7) is 15.3. The molecule has 1 aromatic rings. The lowest BCUT2D eigenvalue weighted by molar-refractivity contribution is 0.813. The van der Waals surface area contributed by atoms with Crippen LogP contribution in [-0.4, -0.2) is 0 Å². The van der Waals surface area contributed by atoms with Gasteiger partial charge in [0.1, 0.15) is 0 Å². The van der Waals surface area contributed by atoms with E-state index in [0.717, 1.165) is 24.2 Å². The van der Waals surface area contributed by atoms with Crippen LogP contribution >= 0.6 is 0 Å². The van der Waals surface area contributed by atoms with Gasteiger partial charge in [-0.15, -0.1) is 0 Å². The summed E-state index contributed by atoms with van der Waals surface area (Å²) in [5, 5.41) is 3.57. The van der Waals surface area contributed by atoms with E-state index in [9.17, 15) is 0 Å². The molecular weight excluding hydrogens is 302 g/mol. The Morgan fingerprint density at radius 1 is 0.920 bits per heavy atom. The zero-order valence-corrected chi connectivity index (χ0v) is 16.2. The predicted molar refractivity (Wildman–Crippen MR) is 109 cm³/mol. The molecule has 0 spiro atoms. The van der Waals surface area contributed by atoms with E-state index in [0.29, 0.717) is 0 Å². The van der Waals surface area contributed by atoms with Crippen molar-refractivity contribution in [1.29, 1.82) is 0 Å². The normalized spacial score (nSPS) is 19.9. The Bertz CT molecular complexity index is 820. The Kier molecular flexibility index (Phi) is 4.85. The van der Waals surface area contributed by atoms with Crippen molar-refractivity contribution in [1.82, 2.24) is 5.32 Å². The topological polar surface area (TPSA) is 12.0 Å². The van der Waals surface area contributed by atoms with Crippen LogP contribution in [0.4, 0.5) is 0 Å². The maximum atomic E-state index is 4.34. The smallest absolute Gasteiger partial charge is 0.0458 e. The van der Waals surface area contributed by atoms with E-state index in [1.807, 2.05) is 0 Å². The largest absolute Gasteiger partial charge is 0.358 e. The zero-order valence-electron chi connectivity index (χ0n) is 16.2. The Balaban J connectivity index is 2.09. The minimum Gasteiger partial charge on any atom is -0.358 e. The Morgan fingerprint density at radius 3 is 2.16 bits per heavy atom. The van der Waals surface area contributed by atoms with Gasteiger partial charge in [-0.1, -0.05) is 44.2 Å². The van der Waals surface area contributed by atoms with Gasteiger partial charge >= 0.3 is 0 Å². The van der Waals surface area contributed by atoms with Crippen LogP contribution in [0.2, 0.25) is 0 Å². The maximum absolute atomic E-state index is 4.34. The van der Waals surface area contributed by atoms with Crippen LogP contribution in [0, 0.1) is 26.7 Å². The van der Waals surface area contributed by atoms with Gasteiger partial charge in [-0.25, -0.2) is 0 Å². The first-order valence-electron chi connectivity index (χ1n) is 9.31. The van der Waals surface area contributed by atoms with Crippen molar-refractivity contribution < 1.29 is 0 Å². The predicted octanol–water partition coefficient (Wildman–Crippen LogP) is 6.30. The summed E-state index contributed by atoms with van der Waals surface area (Å²) in [6.07, 6.45) is 11.5. The highest BCUT2D eigenvalue weighted by Crippen LogP contribution is 2.35. The SMILES string of the molecule is C=C1NC(c2cc(C)c(C)c(C)c2)=CC2=CC(CC)=CC(CC)=CC12. The van der Waals surface area contributed by atoms with Crippen molar-refractivity contribution in [2.24, 2.45) is 5.92 Å². The fraction of sp³-hybridized carbons (Fsp3) is 0.333. The molecule has 130 valence electrons. The summed E-state index contributed by atoms with van der Waals surface area (Å²) in [4.78, 5) is 0. The quantitative estimate of drug-likeness (QED) is 0.685. The van der Waals surface area contributed by atoms with E-state index in [4.69, 9.17) is 0 Å². The number of fused-ring (bicyclic) bond motifs is 1. The molecule has 1 atom stereocenters. The van der Waals surface area contributed by atoms with Gasteiger partial charge in [-0.05, 0) is 85.2 Å². The first-order chi connectivity index (χ1) is 11.9. The zero-order chi connectivity index (χ0) is 18.1. The number of allylic oxidation sites excluding steroid dienone is 6. The van der Waals surface area contributed by atoms with Crippen LogP contribution in [0.5, 0.6) is 0 Å². The average molecular weight is 332 g/mol. The second kappa shape index (κ2) is 6.92. The molecule has 0 bridgehead atoms. The third kappa shape index (κ3) is 3.42. The van der Waals surface area contributed by atoms with Crippen LogP contribution in [0.25, 0.3) is 5.70 Å². The second-order valence-corrected chi connectivity index (χ2v) is 7.23. The van der Waals surface area contributed by atoms with E-state index in [-0.39, 0.29) is 5.92 Å². The molecule has 1 unspecified atom stereocenters. The van der Waals surface area contributed by atoms with Gasteiger partial charge in [0.05, 0.1) is 0 Å². The number of hydrogen-bond acceptors (Lipinski definition) is 1. The van der Waals surface area contributed by atoms with E-state index >= 15 is 0 Å². The standard InChI is InChI=1S/C24H29N/c1-7-19-11-20(8-2)13-23-18(6)25-24(14-21(23)12-19)22-9-15(3)17(5)16(4)10-22/h9-14,23,25H,6-8H2,1-5H3. The summed E-state index contributed by atoms with van der Waals surface area (Å²) in [5.41, 5.74) is 11.6. The lowest BCUT2D eigenvalue weighted by Gasteiger charge is -2.27. The molecule has 0 radical (unpaired) electrons. The third-order valence-electron chi connectivity index (χ3n) is 5.50. The first kappa shape index (κ1) is 17.5. The number of benzene rings is 1. The molecule has 0 saturated carbocycles. The van der Waals surface area contributed by atoms with Crippen LogP contribution in [0.3, 0.4) is 0 Å². The molecular formula is C24H29N. The minimum atomic E-state index is 0.256. The molecule has 1 nitrogen and oxygen atoms in total. The van der Waals surface area contributed by atoms with E-state index in [1.54, 1.807) is 0 Å². The molecule has 1 aliphatic heterocycles. The molecule has 1 N–H and O–H groups in total. The summed E-state index contributed by atoms with van der Waals surface area (Å²) in [6, 6.07) is 4.55. The van der Waals surface area contributed by atoms with Crippen molar-refractivity contribution in [2.45, 2.75) is 47.5 Å². The van der Waals surface area contributed by atoms with Crippen LogP contribution in [0.1, 0.15) is 48.9 Å². The number of rotatable bonds is 3. The monoisotopic (exact) mass is 331 g/mol. The van der Waals surface area contributed by atoms with E-state index in [2.05, 4.69) is 83.0 Å². The fourth-order valence-electron chi connectivity index (χ4n) is 3.60. The number of nitrogens with one attached hydrogen (secondary N) is 1. The summed E-state index contributed by atoms with van der Waals surface area (Å²) < 4.78 is 0. The van der Waals surface area contributed by atoms with Crippen molar-refractivity contribution in [2.75, 3.05) is 0 Å². The molecule has 0 amide bonds. The maximum Gasteiger partial charge on any atom is 0.0458 e. The van der Waals surface area contributed by atoms with Gasteiger partial charge in [0.2, 0.25) is 0 Å². The van der Waals surface area contributed by atoms with Crippen LogP contribution in [-0.2, 0) is 0 Å². The van der Waals surface area contributed by atoms with Gasteiger partial charge in [0.25, 0.3) is 0 Å². The Labute approximate surface area is 152 Å². The van der Waals surface area contributed by atoms with Gasteiger partial charge < -0.3 is 5.32 Å². The molecule has 1 aliphatic carbocycles. The molecule has 1 heterocycles. The Morgan fingerprint density at radius 2 is 1.56 bits per heavy atom. The molecule has 25 heavy (non-hydrogen) atoms. The lowest BCUT2D eigenvalue weighted by Crippen LogP contribution is -2.23. The highest BCUT2D eigenvalue weighted by atomic mass is 14.9. The van der Waals surface area contributed by atoms with Gasteiger partial charge in [-0.3, -0.25) is 0 Å². The van der Waals surface area contributed by atoms with Crippen LogP contribution < -0.4 is 5.32 Å². The highest BCUT2D eigenvalue weighted by Gasteiger charge is 2.23.